The lowest BCUT2D eigenvalue weighted by Crippen LogP contribution is -2.52. The highest BCUT2D eigenvalue weighted by Crippen LogP contribution is 2.27. The van der Waals surface area contributed by atoms with E-state index < -0.39 is 0 Å². The summed E-state index contributed by atoms with van der Waals surface area (Å²) in [5.41, 5.74) is 8.94. The van der Waals surface area contributed by atoms with Crippen LogP contribution in [-0.2, 0) is 0 Å². The van der Waals surface area contributed by atoms with Crippen LogP contribution in [0.25, 0.3) is 22.3 Å². The Morgan fingerprint density at radius 3 is 2.50 bits per heavy atom. The molecule has 3 aromatic rings. The normalized spacial score (nSPS) is 14.1. The van der Waals surface area contributed by atoms with E-state index in [1.54, 1.807) is 12.1 Å². The number of benzene rings is 1. The number of nitrogen functional groups attached to an aromatic ring is 1. The van der Waals surface area contributed by atoms with Crippen molar-refractivity contribution in [2.24, 2.45) is 0 Å². The van der Waals surface area contributed by atoms with Crippen LogP contribution >= 0.6 is 12.2 Å². The molecule has 1 saturated heterocycles. The van der Waals surface area contributed by atoms with Crippen molar-refractivity contribution in [1.29, 1.82) is 0 Å². The summed E-state index contributed by atoms with van der Waals surface area (Å²) < 4.78 is 13.3. The van der Waals surface area contributed by atoms with Gasteiger partial charge in [-0.2, -0.15) is 4.98 Å². The molecule has 0 unspecified atom stereocenters. The van der Waals surface area contributed by atoms with Crippen molar-refractivity contribution in [1.82, 2.24) is 25.2 Å². The van der Waals surface area contributed by atoms with Crippen LogP contribution in [0.4, 0.5) is 16.2 Å². The number of aromatic nitrogens is 3. The van der Waals surface area contributed by atoms with E-state index in [-0.39, 0.29) is 11.8 Å². The predicted molar refractivity (Wildman–Crippen MR) is 131 cm³/mol. The van der Waals surface area contributed by atoms with E-state index >= 15 is 0 Å². The van der Waals surface area contributed by atoms with Crippen molar-refractivity contribution >= 4 is 40.1 Å². The molecule has 1 aliphatic heterocycles. The van der Waals surface area contributed by atoms with Gasteiger partial charge in [-0.05, 0) is 55.0 Å². The van der Waals surface area contributed by atoms with E-state index in [1.807, 2.05) is 12.1 Å². The molecule has 1 aromatic carbocycles. The highest BCUT2D eigenvalue weighted by atomic mass is 32.1. The molecule has 0 aliphatic carbocycles. The molecule has 168 valence electrons. The first-order chi connectivity index (χ1) is 15.5. The number of nitrogens with two attached hydrogens (primary N) is 1. The number of piperazine rings is 1. The Labute approximate surface area is 192 Å². The molecule has 1 fully saturated rings. The van der Waals surface area contributed by atoms with Crippen LogP contribution in [0.5, 0.6) is 0 Å². The zero-order chi connectivity index (χ0) is 22.5. The highest BCUT2D eigenvalue weighted by molar-refractivity contribution is 7.80. The fraction of sp³-hybridized carbons (Fsp3) is 0.391. The van der Waals surface area contributed by atoms with E-state index in [2.05, 4.69) is 32.0 Å². The average Bonchev–Trinajstić information content (AvgIpc) is 2.81. The molecule has 3 heterocycles. The summed E-state index contributed by atoms with van der Waals surface area (Å²) in [5, 5.41) is 4.17. The Bertz CT molecular complexity index is 1080. The fourth-order valence-corrected chi connectivity index (χ4v) is 4.11. The summed E-state index contributed by atoms with van der Waals surface area (Å²) in [7, 11) is 0. The second-order valence-electron chi connectivity index (χ2n) is 7.89. The van der Waals surface area contributed by atoms with Crippen LogP contribution in [0, 0.1) is 5.82 Å². The van der Waals surface area contributed by atoms with Crippen LogP contribution in [0.2, 0.25) is 0 Å². The van der Waals surface area contributed by atoms with Crippen LogP contribution in [0.15, 0.2) is 36.4 Å². The van der Waals surface area contributed by atoms with Crippen molar-refractivity contribution in [3.63, 3.8) is 0 Å². The van der Waals surface area contributed by atoms with Gasteiger partial charge in [0.15, 0.2) is 10.9 Å². The van der Waals surface area contributed by atoms with Gasteiger partial charge in [0.2, 0.25) is 5.95 Å². The number of nitrogens with one attached hydrogen (secondary N) is 1. The van der Waals surface area contributed by atoms with Gasteiger partial charge in [-0.25, -0.2) is 14.4 Å². The molecule has 2 aromatic heterocycles. The summed E-state index contributed by atoms with van der Waals surface area (Å²) >= 11 is 5.57. The Morgan fingerprint density at radius 1 is 1.03 bits per heavy atom. The minimum absolute atomic E-state index is 0.222. The lowest BCUT2D eigenvalue weighted by molar-refractivity contribution is 0.379. The molecule has 0 atom stereocenters. The van der Waals surface area contributed by atoms with E-state index in [1.165, 1.54) is 25.0 Å². The molecule has 0 saturated carbocycles. The van der Waals surface area contributed by atoms with Gasteiger partial charge in [0.1, 0.15) is 11.3 Å². The summed E-state index contributed by atoms with van der Waals surface area (Å²) in [4.78, 5) is 18.0. The second kappa shape index (κ2) is 10.0. The molecular weight excluding hydrogens is 425 g/mol. The number of rotatable bonds is 6. The van der Waals surface area contributed by atoms with Crippen molar-refractivity contribution in [2.75, 3.05) is 43.4 Å². The highest BCUT2D eigenvalue weighted by Gasteiger charge is 2.23. The number of hydrogen-bond donors (Lipinski definition) is 2. The maximum atomic E-state index is 13.3. The van der Waals surface area contributed by atoms with Gasteiger partial charge in [0, 0.05) is 38.3 Å². The SMILES string of the molecule is CCCCCNC(=S)N1CCN(c2nc(N)nc3ccc(-c4ccc(F)cc4)nc23)CC1. The summed E-state index contributed by atoms with van der Waals surface area (Å²) in [6.45, 7) is 6.20. The molecular formula is C23H28FN7S. The Hall–Kier alpha value is -3.07. The lowest BCUT2D eigenvalue weighted by Gasteiger charge is -2.37. The van der Waals surface area contributed by atoms with E-state index in [0.717, 1.165) is 61.3 Å². The van der Waals surface area contributed by atoms with Crippen LogP contribution in [-0.4, -0.2) is 57.7 Å². The van der Waals surface area contributed by atoms with Crippen molar-refractivity contribution in [2.45, 2.75) is 26.2 Å². The average molecular weight is 454 g/mol. The van der Waals surface area contributed by atoms with Gasteiger partial charge in [-0.3, -0.25) is 0 Å². The molecule has 0 amide bonds. The first-order valence-electron chi connectivity index (χ1n) is 11.0. The monoisotopic (exact) mass is 453 g/mol. The number of nitrogens with zero attached hydrogens (tertiary/aromatic N) is 5. The van der Waals surface area contributed by atoms with Crippen LogP contribution in [0.3, 0.4) is 0 Å². The summed E-state index contributed by atoms with van der Waals surface area (Å²) in [5.74, 6) is 0.666. The fourth-order valence-electron chi connectivity index (χ4n) is 3.82. The lowest BCUT2D eigenvalue weighted by atomic mass is 10.1. The second-order valence-corrected chi connectivity index (χ2v) is 8.28. The summed E-state index contributed by atoms with van der Waals surface area (Å²) in [6.07, 6.45) is 3.53. The molecule has 0 bridgehead atoms. The van der Waals surface area contributed by atoms with Crippen molar-refractivity contribution < 1.29 is 4.39 Å². The third kappa shape index (κ3) is 5.04. The van der Waals surface area contributed by atoms with Gasteiger partial charge in [-0.1, -0.05) is 19.8 Å². The first-order valence-corrected chi connectivity index (χ1v) is 11.4. The number of pyridine rings is 1. The molecule has 4 rings (SSSR count). The molecule has 9 heteroatoms. The number of fused-ring (bicyclic) bond motifs is 1. The predicted octanol–water partition coefficient (Wildman–Crippen LogP) is 3.60. The first kappa shape index (κ1) is 22.1. The molecule has 0 spiro atoms. The third-order valence-corrected chi connectivity index (χ3v) is 6.01. The molecule has 3 N–H and O–H groups in total. The van der Waals surface area contributed by atoms with Gasteiger partial charge >= 0.3 is 0 Å². The Balaban J connectivity index is 1.52. The number of anilines is 2. The van der Waals surface area contributed by atoms with Gasteiger partial charge in [0.25, 0.3) is 0 Å². The van der Waals surface area contributed by atoms with Gasteiger partial charge in [-0.15, -0.1) is 0 Å². The number of hydrogen-bond acceptors (Lipinski definition) is 6. The van der Waals surface area contributed by atoms with Gasteiger partial charge < -0.3 is 20.9 Å². The third-order valence-electron chi connectivity index (χ3n) is 5.60. The van der Waals surface area contributed by atoms with E-state index in [9.17, 15) is 4.39 Å². The Morgan fingerprint density at radius 2 is 1.78 bits per heavy atom. The zero-order valence-electron chi connectivity index (χ0n) is 18.2. The van der Waals surface area contributed by atoms with Crippen molar-refractivity contribution in [3.05, 3.63) is 42.2 Å². The molecule has 32 heavy (non-hydrogen) atoms. The maximum Gasteiger partial charge on any atom is 0.222 e. The van der Waals surface area contributed by atoms with Crippen LogP contribution < -0.4 is 16.0 Å². The Kier molecular flexibility index (Phi) is 6.94. The van der Waals surface area contributed by atoms with Crippen molar-refractivity contribution in [3.8, 4) is 11.3 Å². The number of halogens is 1. The standard InChI is InChI=1S/C23H28FN7S/c1-2-3-4-11-26-23(32)31-14-12-30(13-15-31)21-20-19(28-22(25)29-21)10-9-18(27-20)16-5-7-17(24)8-6-16/h5-10H,2-4,11-15H2,1H3,(H,26,32)(H2,25,28,29). The molecule has 7 nitrogen and oxygen atoms in total. The maximum absolute atomic E-state index is 13.3. The molecule has 0 radical (unpaired) electrons. The zero-order valence-corrected chi connectivity index (χ0v) is 19.0. The number of unbranched alkanes of at least 4 members (excludes halogenated alkanes) is 2. The van der Waals surface area contributed by atoms with Gasteiger partial charge in [0.05, 0.1) is 11.2 Å². The topological polar surface area (TPSA) is 83.2 Å². The minimum atomic E-state index is -0.276. The number of thiocarbonyl (C=S) groups is 1. The van der Waals surface area contributed by atoms with E-state index in [4.69, 9.17) is 22.9 Å². The largest absolute Gasteiger partial charge is 0.368 e. The van der Waals surface area contributed by atoms with Crippen LogP contribution in [0.1, 0.15) is 26.2 Å². The quantitative estimate of drug-likeness (QED) is 0.433. The van der Waals surface area contributed by atoms with E-state index in [0.29, 0.717) is 11.0 Å². The molecule has 1 aliphatic rings. The smallest absolute Gasteiger partial charge is 0.222 e. The minimum Gasteiger partial charge on any atom is -0.368 e. The summed E-state index contributed by atoms with van der Waals surface area (Å²) in [6, 6.07) is 10.0.